The molecule has 0 aromatic heterocycles. The Balaban J connectivity index is 2.44. The first kappa shape index (κ1) is 13.9. The van der Waals surface area contributed by atoms with Crippen LogP contribution in [-0.4, -0.2) is 51.8 Å². The maximum Gasteiger partial charge on any atom is 0.175 e. The third-order valence-electron chi connectivity index (χ3n) is 3.13. The Morgan fingerprint density at radius 2 is 2.19 bits per heavy atom. The first-order chi connectivity index (χ1) is 7.66. The molecule has 96 valence electrons. The van der Waals surface area contributed by atoms with E-state index in [2.05, 4.69) is 5.32 Å². The molecule has 1 rings (SSSR count). The third-order valence-corrected chi connectivity index (χ3v) is 3.13. The van der Waals surface area contributed by atoms with Gasteiger partial charge in [0.05, 0.1) is 11.6 Å². The topological polar surface area (TPSA) is 65.7 Å². The van der Waals surface area contributed by atoms with E-state index < -0.39 is 0 Å². The lowest BCUT2D eigenvalue weighted by molar-refractivity contribution is -0.150. The summed E-state index contributed by atoms with van der Waals surface area (Å²) in [5, 5.41) is 3.39. The third kappa shape index (κ3) is 3.40. The fourth-order valence-corrected chi connectivity index (χ4v) is 2.02. The lowest BCUT2D eigenvalue weighted by atomic mass is 10.0. The van der Waals surface area contributed by atoms with E-state index in [1.54, 1.807) is 14.2 Å². The average Bonchev–Trinajstić information content (AvgIpc) is 2.81. The second-order valence-corrected chi connectivity index (χ2v) is 4.44. The van der Waals surface area contributed by atoms with Gasteiger partial charge in [-0.05, 0) is 19.8 Å². The highest BCUT2D eigenvalue weighted by Crippen LogP contribution is 2.16. The molecule has 1 aliphatic rings. The second-order valence-electron chi connectivity index (χ2n) is 4.44. The van der Waals surface area contributed by atoms with Gasteiger partial charge in [0.15, 0.2) is 6.29 Å². The molecular weight excluding hydrogens is 208 g/mol. The van der Waals surface area contributed by atoms with Crippen LogP contribution in [0.3, 0.4) is 0 Å². The van der Waals surface area contributed by atoms with E-state index in [0.717, 1.165) is 26.0 Å². The van der Waals surface area contributed by atoms with Gasteiger partial charge in [-0.3, -0.25) is 0 Å². The first-order valence-electron chi connectivity index (χ1n) is 5.78. The number of methoxy groups -OCH3 is 2. The summed E-state index contributed by atoms with van der Waals surface area (Å²) in [6.07, 6.45) is 2.20. The van der Waals surface area contributed by atoms with Crippen LogP contribution >= 0.6 is 0 Å². The van der Waals surface area contributed by atoms with Crippen LogP contribution in [0.2, 0.25) is 0 Å². The van der Waals surface area contributed by atoms with Gasteiger partial charge in [-0.1, -0.05) is 0 Å². The van der Waals surface area contributed by atoms with Crippen molar-refractivity contribution >= 4 is 0 Å². The molecule has 3 N–H and O–H groups in total. The monoisotopic (exact) mass is 232 g/mol. The van der Waals surface area contributed by atoms with E-state index >= 15 is 0 Å². The van der Waals surface area contributed by atoms with Crippen molar-refractivity contribution in [3.63, 3.8) is 0 Å². The Morgan fingerprint density at radius 3 is 2.62 bits per heavy atom. The molecule has 16 heavy (non-hydrogen) atoms. The molecule has 0 bridgehead atoms. The quantitative estimate of drug-likeness (QED) is 0.609. The highest BCUT2D eigenvalue weighted by Gasteiger charge is 2.34. The van der Waals surface area contributed by atoms with Crippen LogP contribution in [0, 0.1) is 0 Å². The van der Waals surface area contributed by atoms with Gasteiger partial charge in [0, 0.05) is 33.9 Å². The second kappa shape index (κ2) is 6.51. The zero-order valence-corrected chi connectivity index (χ0v) is 10.5. The van der Waals surface area contributed by atoms with E-state index in [1.807, 2.05) is 6.92 Å². The molecule has 1 saturated heterocycles. The summed E-state index contributed by atoms with van der Waals surface area (Å²) in [6.45, 7) is 4.10. The highest BCUT2D eigenvalue weighted by molar-refractivity contribution is 4.89. The standard InChI is InChI=1S/C11H24N2O3/c1-11(8-12,10(14-2)15-3)13-7-9-5-4-6-16-9/h9-10,13H,4-8,12H2,1-3H3. The van der Waals surface area contributed by atoms with Crippen molar-refractivity contribution in [2.24, 2.45) is 5.73 Å². The molecular formula is C11H24N2O3. The molecule has 5 heteroatoms. The molecule has 5 nitrogen and oxygen atoms in total. The van der Waals surface area contributed by atoms with Crippen LogP contribution in [-0.2, 0) is 14.2 Å². The van der Waals surface area contributed by atoms with Crippen molar-refractivity contribution in [1.82, 2.24) is 5.32 Å². The van der Waals surface area contributed by atoms with E-state index in [0.29, 0.717) is 12.6 Å². The smallest absolute Gasteiger partial charge is 0.175 e. The maximum absolute atomic E-state index is 5.78. The van der Waals surface area contributed by atoms with E-state index in [1.165, 1.54) is 0 Å². The summed E-state index contributed by atoms with van der Waals surface area (Å²) in [7, 11) is 3.24. The normalized spacial score (nSPS) is 24.9. The van der Waals surface area contributed by atoms with E-state index in [4.69, 9.17) is 19.9 Å². The number of ether oxygens (including phenoxy) is 3. The summed E-state index contributed by atoms with van der Waals surface area (Å²) in [4.78, 5) is 0. The fourth-order valence-electron chi connectivity index (χ4n) is 2.02. The van der Waals surface area contributed by atoms with Gasteiger partial charge in [-0.15, -0.1) is 0 Å². The van der Waals surface area contributed by atoms with Gasteiger partial charge in [-0.25, -0.2) is 0 Å². The Kier molecular flexibility index (Phi) is 5.64. The molecule has 0 aromatic rings. The summed E-state index contributed by atoms with van der Waals surface area (Å²) < 4.78 is 16.1. The number of nitrogens with two attached hydrogens (primary N) is 1. The SMILES string of the molecule is COC(OC)C(C)(CN)NCC1CCCO1. The van der Waals surface area contributed by atoms with Crippen molar-refractivity contribution in [2.45, 2.75) is 37.7 Å². The number of rotatable bonds is 7. The Bertz CT molecular complexity index is 194. The van der Waals surface area contributed by atoms with Gasteiger partial charge in [0.25, 0.3) is 0 Å². The predicted molar refractivity (Wildman–Crippen MR) is 62.2 cm³/mol. The molecule has 0 aromatic carbocycles. The molecule has 1 fully saturated rings. The van der Waals surface area contributed by atoms with Gasteiger partial charge in [-0.2, -0.15) is 0 Å². The summed E-state index contributed by atoms with van der Waals surface area (Å²) in [5.41, 5.74) is 5.40. The molecule has 0 aliphatic carbocycles. The largest absolute Gasteiger partial charge is 0.377 e. The van der Waals surface area contributed by atoms with Crippen molar-refractivity contribution in [3.8, 4) is 0 Å². The van der Waals surface area contributed by atoms with Gasteiger partial charge in [0.2, 0.25) is 0 Å². The number of hydrogen-bond donors (Lipinski definition) is 2. The van der Waals surface area contributed by atoms with E-state index in [9.17, 15) is 0 Å². The summed E-state index contributed by atoms with van der Waals surface area (Å²) >= 11 is 0. The predicted octanol–water partition coefficient (Wildman–Crippen LogP) is 0.0913. The zero-order chi connectivity index (χ0) is 12.0. The van der Waals surface area contributed by atoms with Crippen LogP contribution in [0.5, 0.6) is 0 Å². The molecule has 1 heterocycles. The lowest BCUT2D eigenvalue weighted by Crippen LogP contribution is -2.59. The molecule has 2 unspecified atom stereocenters. The van der Waals surface area contributed by atoms with Crippen molar-refractivity contribution in [1.29, 1.82) is 0 Å². The molecule has 2 atom stereocenters. The van der Waals surface area contributed by atoms with Gasteiger partial charge in [0.1, 0.15) is 0 Å². The van der Waals surface area contributed by atoms with Crippen LogP contribution < -0.4 is 11.1 Å². The minimum Gasteiger partial charge on any atom is -0.377 e. The first-order valence-corrected chi connectivity index (χ1v) is 5.78. The van der Waals surface area contributed by atoms with Crippen molar-refractivity contribution < 1.29 is 14.2 Å². The average molecular weight is 232 g/mol. The highest BCUT2D eigenvalue weighted by atomic mass is 16.7. The minimum absolute atomic E-state index is 0.292. The van der Waals surface area contributed by atoms with E-state index in [-0.39, 0.29) is 11.8 Å². The summed E-state index contributed by atoms with van der Waals surface area (Å²) in [6, 6.07) is 0. The lowest BCUT2D eigenvalue weighted by Gasteiger charge is -2.36. The van der Waals surface area contributed by atoms with Gasteiger partial charge < -0.3 is 25.3 Å². The Hall–Kier alpha value is -0.200. The molecule has 0 amide bonds. The Morgan fingerprint density at radius 1 is 1.50 bits per heavy atom. The van der Waals surface area contributed by atoms with Crippen LogP contribution in [0.1, 0.15) is 19.8 Å². The van der Waals surface area contributed by atoms with Crippen LogP contribution in [0.15, 0.2) is 0 Å². The van der Waals surface area contributed by atoms with Gasteiger partial charge >= 0.3 is 0 Å². The van der Waals surface area contributed by atoms with Crippen LogP contribution in [0.25, 0.3) is 0 Å². The molecule has 0 radical (unpaired) electrons. The minimum atomic E-state index is -0.380. The molecule has 1 aliphatic heterocycles. The van der Waals surface area contributed by atoms with Crippen molar-refractivity contribution in [3.05, 3.63) is 0 Å². The number of nitrogens with one attached hydrogen (secondary N) is 1. The maximum atomic E-state index is 5.78. The molecule has 0 spiro atoms. The van der Waals surface area contributed by atoms with Crippen molar-refractivity contribution in [2.75, 3.05) is 33.9 Å². The summed E-state index contributed by atoms with van der Waals surface area (Å²) in [5.74, 6) is 0. The van der Waals surface area contributed by atoms with Crippen LogP contribution in [0.4, 0.5) is 0 Å². The fraction of sp³-hybridized carbons (Fsp3) is 1.00. The zero-order valence-electron chi connectivity index (χ0n) is 10.5. The Labute approximate surface area is 97.6 Å². The molecule has 0 saturated carbocycles. The number of hydrogen-bond acceptors (Lipinski definition) is 5.